The van der Waals surface area contributed by atoms with Gasteiger partial charge in [0.1, 0.15) is 17.2 Å². The number of ether oxygens (including phenoxy) is 3. The molecule has 1 amide bonds. The first kappa shape index (κ1) is 30.6. The number of carbonyl (C=O) groups is 3. The van der Waals surface area contributed by atoms with Gasteiger partial charge in [0.15, 0.2) is 28.0 Å². The Labute approximate surface area is 258 Å². The van der Waals surface area contributed by atoms with Crippen LogP contribution in [0.25, 0.3) is 11.0 Å². The Morgan fingerprint density at radius 2 is 1.98 bits per heavy atom. The molecule has 1 atom stereocenters. The van der Waals surface area contributed by atoms with Crippen molar-refractivity contribution in [2.45, 2.75) is 33.2 Å². The van der Waals surface area contributed by atoms with Crippen LogP contribution in [0.2, 0.25) is 0 Å². The zero-order chi connectivity index (χ0) is 31.5. The monoisotopic (exact) mass is 616 g/mol. The SMILES string of the molecule is C=CCOC(=O)c1sc(N2C(=O)C(O)=C(C(=O)c3cc4cccc(OC)c4o3)C2c2cccc(OCCC(C)C)c2)nc1C. The van der Waals surface area contributed by atoms with Gasteiger partial charge in [0.05, 0.1) is 31.0 Å². The van der Waals surface area contributed by atoms with E-state index in [0.717, 1.165) is 17.8 Å². The molecule has 10 nitrogen and oxygen atoms in total. The van der Waals surface area contributed by atoms with Gasteiger partial charge in [-0.25, -0.2) is 9.78 Å². The van der Waals surface area contributed by atoms with Gasteiger partial charge in [-0.05, 0) is 49.1 Å². The number of nitrogens with zero attached hydrogens (tertiary/aromatic N) is 2. The highest BCUT2D eigenvalue weighted by atomic mass is 32.1. The number of anilines is 1. The number of aliphatic hydroxyl groups is 1. The summed E-state index contributed by atoms with van der Waals surface area (Å²) in [4.78, 5) is 46.4. The number of aromatic nitrogens is 1. The molecule has 0 saturated carbocycles. The molecule has 0 spiro atoms. The van der Waals surface area contributed by atoms with Crippen LogP contribution in [0, 0.1) is 12.8 Å². The summed E-state index contributed by atoms with van der Waals surface area (Å²) in [5.74, 6) is -1.59. The Balaban J connectivity index is 1.60. The Morgan fingerprint density at radius 1 is 1.20 bits per heavy atom. The Kier molecular flexibility index (Phi) is 8.86. The number of aliphatic hydroxyl groups excluding tert-OH is 1. The first-order valence-corrected chi connectivity index (χ1v) is 14.8. The second-order valence-corrected chi connectivity index (χ2v) is 11.5. The standard InChI is InChI=1S/C33H32N2O8S/c1-6-14-42-32(39)30-19(4)34-33(44-30)35-26(20-9-7-11-22(16-20)41-15-13-18(2)3)25(28(37)31(35)38)27(36)24-17-21-10-8-12-23(40-5)29(21)43-24/h6-12,16-18,26,37H,1,13-15H2,2-5H3. The van der Waals surface area contributed by atoms with Crippen LogP contribution in [-0.4, -0.2) is 48.1 Å². The van der Waals surface area contributed by atoms with Crippen molar-refractivity contribution in [1.29, 1.82) is 0 Å². The third kappa shape index (κ3) is 5.83. The summed E-state index contributed by atoms with van der Waals surface area (Å²) < 4.78 is 22.4. The Hall–Kier alpha value is -4.90. The van der Waals surface area contributed by atoms with E-state index in [9.17, 15) is 19.5 Å². The lowest BCUT2D eigenvalue weighted by atomic mass is 9.95. The summed E-state index contributed by atoms with van der Waals surface area (Å²) in [6.45, 7) is 9.84. The second kappa shape index (κ2) is 12.8. The largest absolute Gasteiger partial charge is 0.503 e. The number of aryl methyl sites for hydroxylation is 1. The van der Waals surface area contributed by atoms with Crippen LogP contribution in [0.4, 0.5) is 5.13 Å². The number of para-hydroxylation sites is 1. The maximum atomic E-state index is 14.1. The lowest BCUT2D eigenvalue weighted by Gasteiger charge is -2.24. The molecule has 1 aliphatic rings. The van der Waals surface area contributed by atoms with Crippen LogP contribution in [0.3, 0.4) is 0 Å². The third-order valence-electron chi connectivity index (χ3n) is 7.05. The summed E-state index contributed by atoms with van der Waals surface area (Å²) in [5, 5.41) is 12.0. The lowest BCUT2D eigenvalue weighted by Crippen LogP contribution is -2.31. The number of benzene rings is 2. The maximum Gasteiger partial charge on any atom is 0.350 e. The quantitative estimate of drug-likeness (QED) is 0.104. The van der Waals surface area contributed by atoms with Crippen LogP contribution >= 0.6 is 11.3 Å². The number of methoxy groups -OCH3 is 1. The number of hydrogen-bond acceptors (Lipinski definition) is 10. The smallest absolute Gasteiger partial charge is 0.350 e. The summed E-state index contributed by atoms with van der Waals surface area (Å²) in [6, 6.07) is 12.6. The van der Waals surface area contributed by atoms with Crippen LogP contribution in [-0.2, 0) is 9.53 Å². The molecule has 11 heteroatoms. The van der Waals surface area contributed by atoms with E-state index in [1.165, 1.54) is 24.2 Å². The van der Waals surface area contributed by atoms with Gasteiger partial charge < -0.3 is 23.7 Å². The predicted molar refractivity (Wildman–Crippen MR) is 166 cm³/mol. The maximum absolute atomic E-state index is 14.1. The minimum absolute atomic E-state index is 0.00363. The van der Waals surface area contributed by atoms with Gasteiger partial charge in [0, 0.05) is 5.39 Å². The number of rotatable bonds is 12. The van der Waals surface area contributed by atoms with Crippen LogP contribution < -0.4 is 14.4 Å². The molecular formula is C33H32N2O8S. The fourth-order valence-electron chi connectivity index (χ4n) is 4.85. The van der Waals surface area contributed by atoms with E-state index >= 15 is 0 Å². The average Bonchev–Trinajstić information content (AvgIpc) is 3.69. The van der Waals surface area contributed by atoms with E-state index < -0.39 is 29.5 Å². The molecule has 0 fully saturated rings. The molecule has 1 aliphatic heterocycles. The fourth-order valence-corrected chi connectivity index (χ4v) is 5.84. The molecule has 228 valence electrons. The van der Waals surface area contributed by atoms with Crippen molar-refractivity contribution in [2.24, 2.45) is 5.92 Å². The zero-order valence-corrected chi connectivity index (χ0v) is 25.6. The molecule has 1 N–H and O–H groups in total. The number of hydrogen-bond donors (Lipinski definition) is 1. The van der Waals surface area contributed by atoms with E-state index in [4.69, 9.17) is 18.6 Å². The molecule has 0 saturated heterocycles. The van der Waals surface area contributed by atoms with Gasteiger partial charge in [0.25, 0.3) is 5.91 Å². The molecule has 2 aromatic carbocycles. The molecule has 0 bridgehead atoms. The third-order valence-corrected chi connectivity index (χ3v) is 8.19. The predicted octanol–water partition coefficient (Wildman–Crippen LogP) is 6.76. The summed E-state index contributed by atoms with van der Waals surface area (Å²) in [6.07, 6.45) is 2.28. The van der Waals surface area contributed by atoms with Crippen molar-refractivity contribution >= 4 is 45.1 Å². The minimum atomic E-state index is -1.11. The highest BCUT2D eigenvalue weighted by Crippen LogP contribution is 2.45. The molecule has 0 aliphatic carbocycles. The van der Waals surface area contributed by atoms with Crippen LogP contribution in [0.15, 0.2) is 76.9 Å². The normalized spacial score (nSPS) is 14.9. The molecule has 44 heavy (non-hydrogen) atoms. The number of Topliss-reactive ketones (excluding diaryl/α,β-unsaturated/α-hetero) is 1. The number of esters is 1. The van der Waals surface area contributed by atoms with Gasteiger partial charge in [-0.15, -0.1) is 0 Å². The summed E-state index contributed by atoms with van der Waals surface area (Å²) >= 11 is 0.924. The number of ketones is 1. The first-order valence-electron chi connectivity index (χ1n) is 14.0. The molecule has 1 unspecified atom stereocenters. The number of fused-ring (bicyclic) bond motifs is 1. The number of furan rings is 1. The van der Waals surface area contributed by atoms with E-state index in [1.54, 1.807) is 49.4 Å². The molecule has 0 radical (unpaired) electrons. The van der Waals surface area contributed by atoms with E-state index in [-0.39, 0.29) is 27.9 Å². The van der Waals surface area contributed by atoms with Gasteiger partial charge in [-0.1, -0.05) is 62.1 Å². The van der Waals surface area contributed by atoms with Crippen molar-refractivity contribution < 1.29 is 38.1 Å². The molecular weight excluding hydrogens is 584 g/mol. The molecule has 5 rings (SSSR count). The van der Waals surface area contributed by atoms with E-state index in [1.807, 2.05) is 0 Å². The number of carbonyl (C=O) groups excluding carboxylic acids is 3. The number of thiazole rings is 1. The highest BCUT2D eigenvalue weighted by Gasteiger charge is 2.47. The van der Waals surface area contributed by atoms with E-state index in [2.05, 4.69) is 25.4 Å². The van der Waals surface area contributed by atoms with Gasteiger partial charge in [-0.3, -0.25) is 14.5 Å². The Morgan fingerprint density at radius 3 is 2.70 bits per heavy atom. The van der Waals surface area contributed by atoms with E-state index in [0.29, 0.717) is 46.3 Å². The lowest BCUT2D eigenvalue weighted by molar-refractivity contribution is -0.117. The van der Waals surface area contributed by atoms with Crippen molar-refractivity contribution in [3.63, 3.8) is 0 Å². The topological polar surface area (TPSA) is 128 Å². The van der Waals surface area contributed by atoms with Crippen molar-refractivity contribution in [3.8, 4) is 11.5 Å². The van der Waals surface area contributed by atoms with Gasteiger partial charge in [-0.2, -0.15) is 0 Å². The first-order chi connectivity index (χ1) is 21.1. The van der Waals surface area contributed by atoms with Crippen molar-refractivity contribution in [3.05, 3.63) is 94.4 Å². The average molecular weight is 617 g/mol. The second-order valence-electron chi connectivity index (χ2n) is 10.6. The zero-order valence-electron chi connectivity index (χ0n) is 24.8. The van der Waals surface area contributed by atoms with Crippen molar-refractivity contribution in [1.82, 2.24) is 4.98 Å². The molecule has 2 aromatic heterocycles. The molecule has 3 heterocycles. The van der Waals surface area contributed by atoms with Gasteiger partial charge in [0.2, 0.25) is 5.78 Å². The van der Waals surface area contributed by atoms with Gasteiger partial charge >= 0.3 is 5.97 Å². The van der Waals surface area contributed by atoms with Crippen LogP contribution in [0.5, 0.6) is 11.5 Å². The van der Waals surface area contributed by atoms with Crippen molar-refractivity contribution in [2.75, 3.05) is 25.2 Å². The Bertz CT molecular complexity index is 1780. The number of amides is 1. The summed E-state index contributed by atoms with van der Waals surface area (Å²) in [7, 11) is 1.49. The molecule has 4 aromatic rings. The van der Waals surface area contributed by atoms with Crippen LogP contribution in [0.1, 0.15) is 57.8 Å². The summed E-state index contributed by atoms with van der Waals surface area (Å²) in [5.41, 5.74) is 0.982. The fraction of sp³-hybridized carbons (Fsp3) is 0.273. The minimum Gasteiger partial charge on any atom is -0.503 e. The highest BCUT2D eigenvalue weighted by molar-refractivity contribution is 7.17.